The number of nitrogens with one attached hydrogen (secondary N) is 2. The van der Waals surface area contributed by atoms with E-state index in [1.54, 1.807) is 31.4 Å². The van der Waals surface area contributed by atoms with E-state index in [9.17, 15) is 9.18 Å². The molecule has 36 heavy (non-hydrogen) atoms. The van der Waals surface area contributed by atoms with Crippen molar-refractivity contribution in [1.82, 2.24) is 14.9 Å². The summed E-state index contributed by atoms with van der Waals surface area (Å²) in [5, 5.41) is 6.72. The molecule has 0 bridgehead atoms. The number of ether oxygens (including phenoxy) is 1. The van der Waals surface area contributed by atoms with E-state index in [1.807, 2.05) is 6.08 Å². The van der Waals surface area contributed by atoms with E-state index >= 15 is 0 Å². The summed E-state index contributed by atoms with van der Waals surface area (Å²) < 4.78 is 19.0. The number of anilines is 3. The number of rotatable bonds is 7. The van der Waals surface area contributed by atoms with Crippen LogP contribution in [0.3, 0.4) is 0 Å². The molecule has 1 aliphatic heterocycles. The summed E-state index contributed by atoms with van der Waals surface area (Å²) in [6.07, 6.45) is 11.6. The SMILES string of the molecule is COc1cc2ncnc(Nc3ccc(F)c(Cl)c3)c2cc1NC(=O)/C=C/CN1CC2(CCCCC2)C1. The summed E-state index contributed by atoms with van der Waals surface area (Å²) in [4.78, 5) is 23.7. The molecule has 2 N–H and O–H groups in total. The van der Waals surface area contributed by atoms with Gasteiger partial charge in [-0.05, 0) is 42.5 Å². The number of aromatic nitrogens is 2. The highest BCUT2D eigenvalue weighted by atomic mass is 35.5. The van der Waals surface area contributed by atoms with Crippen LogP contribution in [0.25, 0.3) is 10.9 Å². The first kappa shape index (κ1) is 24.5. The van der Waals surface area contributed by atoms with Gasteiger partial charge in [0.1, 0.15) is 23.7 Å². The van der Waals surface area contributed by atoms with Gasteiger partial charge in [-0.3, -0.25) is 9.69 Å². The van der Waals surface area contributed by atoms with Crippen molar-refractivity contribution in [3.8, 4) is 5.75 Å². The maximum absolute atomic E-state index is 13.5. The average molecular weight is 510 g/mol. The smallest absolute Gasteiger partial charge is 0.248 e. The number of hydrogen-bond acceptors (Lipinski definition) is 6. The van der Waals surface area contributed by atoms with Crippen molar-refractivity contribution in [2.75, 3.05) is 37.4 Å². The van der Waals surface area contributed by atoms with Crippen LogP contribution in [0.4, 0.5) is 21.6 Å². The molecule has 2 fully saturated rings. The number of benzene rings is 2. The molecule has 3 aromatic rings. The number of likely N-dealkylation sites (tertiary alicyclic amines) is 1. The molecule has 188 valence electrons. The van der Waals surface area contributed by atoms with E-state index in [1.165, 1.54) is 50.6 Å². The van der Waals surface area contributed by atoms with Crippen LogP contribution in [0.2, 0.25) is 5.02 Å². The Morgan fingerprint density at radius 2 is 2.00 bits per heavy atom. The first-order valence-electron chi connectivity index (χ1n) is 12.2. The molecule has 2 aliphatic rings. The molecule has 2 aromatic carbocycles. The molecular formula is C27H29ClFN5O2. The van der Waals surface area contributed by atoms with Gasteiger partial charge in [0.2, 0.25) is 5.91 Å². The second-order valence-corrected chi connectivity index (χ2v) is 10.1. The number of methoxy groups -OCH3 is 1. The third-order valence-electron chi connectivity index (χ3n) is 7.06. The van der Waals surface area contributed by atoms with Crippen LogP contribution in [0.15, 0.2) is 48.8 Å². The maximum atomic E-state index is 13.5. The highest BCUT2D eigenvalue weighted by Gasteiger charge is 2.42. The van der Waals surface area contributed by atoms with Gasteiger partial charge in [0, 0.05) is 42.9 Å². The number of hydrogen-bond donors (Lipinski definition) is 2. The van der Waals surface area contributed by atoms with Crippen LogP contribution in [-0.2, 0) is 4.79 Å². The Hall–Kier alpha value is -3.23. The van der Waals surface area contributed by atoms with E-state index in [-0.39, 0.29) is 10.9 Å². The molecular weight excluding hydrogens is 481 g/mol. The molecule has 7 nitrogen and oxygen atoms in total. The van der Waals surface area contributed by atoms with Gasteiger partial charge in [-0.15, -0.1) is 0 Å². The summed E-state index contributed by atoms with van der Waals surface area (Å²) in [6, 6.07) is 7.83. The second-order valence-electron chi connectivity index (χ2n) is 9.67. The zero-order valence-electron chi connectivity index (χ0n) is 20.2. The van der Waals surface area contributed by atoms with Gasteiger partial charge in [0.05, 0.1) is 23.3 Å². The minimum absolute atomic E-state index is 0.00640. The summed E-state index contributed by atoms with van der Waals surface area (Å²) in [5.74, 6) is 0.240. The number of fused-ring (bicyclic) bond motifs is 1. The summed E-state index contributed by atoms with van der Waals surface area (Å²) in [5.41, 5.74) is 2.23. The molecule has 5 rings (SSSR count). The van der Waals surface area contributed by atoms with Gasteiger partial charge in [0.25, 0.3) is 0 Å². The van der Waals surface area contributed by atoms with Gasteiger partial charge in [0.15, 0.2) is 0 Å². The Morgan fingerprint density at radius 3 is 2.75 bits per heavy atom. The van der Waals surface area contributed by atoms with Crippen LogP contribution in [0.5, 0.6) is 5.75 Å². The maximum Gasteiger partial charge on any atom is 0.248 e. The predicted octanol–water partition coefficient (Wildman–Crippen LogP) is 5.94. The van der Waals surface area contributed by atoms with Gasteiger partial charge in [-0.2, -0.15) is 0 Å². The monoisotopic (exact) mass is 509 g/mol. The van der Waals surface area contributed by atoms with Crippen molar-refractivity contribution in [2.45, 2.75) is 32.1 Å². The molecule has 0 radical (unpaired) electrons. The summed E-state index contributed by atoms with van der Waals surface area (Å²) in [7, 11) is 1.54. The number of carbonyl (C=O) groups is 1. The van der Waals surface area contributed by atoms with Crippen LogP contribution in [0, 0.1) is 11.2 Å². The Bertz CT molecular complexity index is 1300. The molecule has 1 aliphatic carbocycles. The molecule has 1 saturated carbocycles. The average Bonchev–Trinajstić information content (AvgIpc) is 2.86. The molecule has 0 unspecified atom stereocenters. The fourth-order valence-corrected chi connectivity index (χ4v) is 5.47. The molecule has 1 spiro atoms. The second kappa shape index (κ2) is 10.4. The normalized spacial score (nSPS) is 17.3. The Kier molecular flexibility index (Phi) is 7.07. The van der Waals surface area contributed by atoms with E-state index < -0.39 is 5.82 Å². The largest absolute Gasteiger partial charge is 0.494 e. The highest BCUT2D eigenvalue weighted by molar-refractivity contribution is 6.31. The molecule has 1 amide bonds. The zero-order valence-corrected chi connectivity index (χ0v) is 20.9. The first-order chi connectivity index (χ1) is 17.4. The third-order valence-corrected chi connectivity index (χ3v) is 7.35. The van der Waals surface area contributed by atoms with Crippen molar-refractivity contribution in [3.63, 3.8) is 0 Å². The predicted molar refractivity (Wildman–Crippen MR) is 141 cm³/mol. The van der Waals surface area contributed by atoms with Crippen LogP contribution in [-0.4, -0.2) is 47.5 Å². The van der Waals surface area contributed by atoms with Crippen LogP contribution in [0.1, 0.15) is 32.1 Å². The Morgan fingerprint density at radius 1 is 1.19 bits per heavy atom. The fourth-order valence-electron chi connectivity index (χ4n) is 5.29. The first-order valence-corrected chi connectivity index (χ1v) is 12.6. The van der Waals surface area contributed by atoms with Gasteiger partial charge < -0.3 is 15.4 Å². The van der Waals surface area contributed by atoms with Gasteiger partial charge >= 0.3 is 0 Å². The number of amides is 1. The minimum Gasteiger partial charge on any atom is -0.494 e. The van der Waals surface area contributed by atoms with Crippen molar-refractivity contribution in [1.29, 1.82) is 0 Å². The lowest BCUT2D eigenvalue weighted by atomic mass is 9.69. The molecule has 1 aromatic heterocycles. The number of nitrogens with zero attached hydrogens (tertiary/aromatic N) is 3. The Labute approximate surface area is 214 Å². The molecule has 9 heteroatoms. The molecule has 2 heterocycles. The van der Waals surface area contributed by atoms with E-state index in [4.69, 9.17) is 16.3 Å². The standard InChI is InChI=1S/C27H29ClFN5O2/c1-36-24-14-22-19(26(31-17-30-22)32-18-7-8-21(29)20(28)12-18)13-23(24)33-25(35)6-5-11-34-15-27(16-34)9-3-2-4-10-27/h5-8,12-14,17H,2-4,9-11,15-16H2,1H3,(H,33,35)(H,30,31,32)/b6-5+. The van der Waals surface area contributed by atoms with Gasteiger partial charge in [-0.1, -0.05) is 36.9 Å². The van der Waals surface area contributed by atoms with Crippen molar-refractivity contribution in [2.24, 2.45) is 5.41 Å². The topological polar surface area (TPSA) is 79.4 Å². The third kappa shape index (κ3) is 5.29. The Balaban J connectivity index is 1.28. The summed E-state index contributed by atoms with van der Waals surface area (Å²) in [6.45, 7) is 3.03. The van der Waals surface area contributed by atoms with Crippen LogP contribution >= 0.6 is 11.6 Å². The van der Waals surface area contributed by atoms with E-state index in [0.717, 1.165) is 19.6 Å². The quantitative estimate of drug-likeness (QED) is 0.384. The lowest BCUT2D eigenvalue weighted by Crippen LogP contribution is -2.56. The zero-order chi connectivity index (χ0) is 25.1. The van der Waals surface area contributed by atoms with Crippen LogP contribution < -0.4 is 15.4 Å². The lowest BCUT2D eigenvalue weighted by molar-refractivity contribution is -0.112. The molecule has 0 atom stereocenters. The van der Waals surface area contributed by atoms with Gasteiger partial charge in [-0.25, -0.2) is 14.4 Å². The minimum atomic E-state index is -0.500. The van der Waals surface area contributed by atoms with E-state index in [2.05, 4.69) is 25.5 Å². The highest BCUT2D eigenvalue weighted by Crippen LogP contribution is 2.43. The lowest BCUT2D eigenvalue weighted by Gasteiger charge is -2.52. The van der Waals surface area contributed by atoms with Crippen molar-refractivity contribution in [3.05, 3.63) is 59.7 Å². The number of halogens is 2. The molecule has 1 saturated heterocycles. The van der Waals surface area contributed by atoms with Crippen molar-refractivity contribution >= 4 is 45.6 Å². The fraction of sp³-hybridized carbons (Fsp3) is 0.370. The van der Waals surface area contributed by atoms with E-state index in [0.29, 0.717) is 39.3 Å². The summed E-state index contributed by atoms with van der Waals surface area (Å²) >= 11 is 5.91. The number of carbonyl (C=O) groups excluding carboxylic acids is 1. The van der Waals surface area contributed by atoms with Crippen molar-refractivity contribution < 1.29 is 13.9 Å².